The molecule has 0 radical (unpaired) electrons. The fourth-order valence-corrected chi connectivity index (χ4v) is 7.06. The molecule has 6 heteroatoms. The number of rotatable bonds is 4. The van der Waals surface area contributed by atoms with E-state index < -0.39 is 9.84 Å². The second-order valence-corrected chi connectivity index (χ2v) is 8.38. The van der Waals surface area contributed by atoms with Gasteiger partial charge in [0.15, 0.2) is 9.84 Å². The summed E-state index contributed by atoms with van der Waals surface area (Å²) in [4.78, 5) is 0. The second-order valence-electron chi connectivity index (χ2n) is 5.03. The molecule has 1 aromatic carbocycles. The summed E-state index contributed by atoms with van der Waals surface area (Å²) in [7, 11) is -2.93. The van der Waals surface area contributed by atoms with E-state index in [0.717, 1.165) is 5.56 Å². The molecule has 1 heterocycles. The molecule has 0 spiro atoms. The number of hydrogen-bond acceptors (Lipinski definition) is 2. The first-order valence-electron chi connectivity index (χ1n) is 6.02. The summed E-state index contributed by atoms with van der Waals surface area (Å²) in [5.41, 5.74) is 0.668. The van der Waals surface area contributed by atoms with Crippen molar-refractivity contribution in [3.05, 3.63) is 35.6 Å². The molecule has 1 aliphatic rings. The van der Waals surface area contributed by atoms with Gasteiger partial charge in [-0.15, -0.1) is 0 Å². The highest BCUT2D eigenvalue weighted by atomic mass is 79.9. The molecule has 0 aromatic heterocycles. The number of sulfone groups is 1. The maximum atomic E-state index is 13.1. The van der Waals surface area contributed by atoms with Crippen molar-refractivity contribution in [2.45, 2.75) is 11.8 Å². The highest BCUT2D eigenvalue weighted by molar-refractivity contribution is 9.09. The summed E-state index contributed by atoms with van der Waals surface area (Å²) in [6.45, 7) is 0. The molecule has 0 aliphatic carbocycles. The minimum Gasteiger partial charge on any atom is -0.229 e. The molecule has 1 saturated heterocycles. The van der Waals surface area contributed by atoms with E-state index in [1.165, 1.54) is 12.1 Å². The standard InChI is InChI=1S/C13H15Br2FO2S/c14-8-13(9-15,10-1-3-12(16)4-2-10)11-5-6-19(17,18)7-11/h1-4,11H,5-9H2. The molecule has 0 saturated carbocycles. The number of alkyl halides is 2. The van der Waals surface area contributed by atoms with Crippen LogP contribution in [0, 0.1) is 11.7 Å². The molecule has 2 nitrogen and oxygen atoms in total. The van der Waals surface area contributed by atoms with Crippen molar-refractivity contribution in [2.24, 2.45) is 5.92 Å². The van der Waals surface area contributed by atoms with Crippen LogP contribution >= 0.6 is 31.9 Å². The summed E-state index contributed by atoms with van der Waals surface area (Å²) in [5.74, 6) is 0.241. The zero-order valence-corrected chi connectivity index (χ0v) is 14.3. The summed E-state index contributed by atoms with van der Waals surface area (Å²) in [6.07, 6.45) is 0.664. The third-order valence-corrected chi connectivity index (χ3v) is 7.68. The summed E-state index contributed by atoms with van der Waals surface area (Å²) < 4.78 is 36.5. The number of benzene rings is 1. The van der Waals surface area contributed by atoms with Crippen molar-refractivity contribution in [3.63, 3.8) is 0 Å². The Kier molecular flexibility index (Phi) is 4.73. The topological polar surface area (TPSA) is 34.1 Å². The second kappa shape index (κ2) is 5.82. The molecule has 106 valence electrons. The van der Waals surface area contributed by atoms with Crippen LogP contribution in [0.5, 0.6) is 0 Å². The molecule has 0 bridgehead atoms. The third-order valence-electron chi connectivity index (χ3n) is 3.91. The van der Waals surface area contributed by atoms with Crippen LogP contribution in [-0.4, -0.2) is 30.6 Å². The third kappa shape index (κ3) is 3.05. The molecule has 1 atom stereocenters. The van der Waals surface area contributed by atoms with Crippen molar-refractivity contribution in [1.29, 1.82) is 0 Å². The fourth-order valence-electron chi connectivity index (χ4n) is 2.66. The van der Waals surface area contributed by atoms with E-state index >= 15 is 0 Å². The molecule has 0 N–H and O–H groups in total. The minimum absolute atomic E-state index is 0.0571. The van der Waals surface area contributed by atoms with Gasteiger partial charge in [-0.3, -0.25) is 0 Å². The van der Waals surface area contributed by atoms with Gasteiger partial charge in [0.2, 0.25) is 0 Å². The average molecular weight is 414 g/mol. The van der Waals surface area contributed by atoms with Crippen LogP contribution in [0.25, 0.3) is 0 Å². The van der Waals surface area contributed by atoms with Crippen molar-refractivity contribution in [3.8, 4) is 0 Å². The van der Waals surface area contributed by atoms with Crippen LogP contribution in [0.3, 0.4) is 0 Å². The van der Waals surface area contributed by atoms with E-state index in [-0.39, 0.29) is 28.7 Å². The molecule has 0 amide bonds. The lowest BCUT2D eigenvalue weighted by molar-refractivity contribution is 0.369. The van der Waals surface area contributed by atoms with E-state index in [0.29, 0.717) is 17.1 Å². The monoisotopic (exact) mass is 412 g/mol. The highest BCUT2D eigenvalue weighted by Crippen LogP contribution is 2.41. The van der Waals surface area contributed by atoms with Gasteiger partial charge in [0.1, 0.15) is 5.82 Å². The Morgan fingerprint density at radius 3 is 2.21 bits per heavy atom. The lowest BCUT2D eigenvalue weighted by Crippen LogP contribution is -2.39. The number of hydrogen-bond donors (Lipinski definition) is 0. The van der Waals surface area contributed by atoms with Gasteiger partial charge in [-0.1, -0.05) is 44.0 Å². The SMILES string of the molecule is O=S1(=O)CCC(C(CBr)(CBr)c2ccc(F)cc2)C1. The zero-order chi connectivity index (χ0) is 14.1. The van der Waals surface area contributed by atoms with Crippen LogP contribution in [0.1, 0.15) is 12.0 Å². The summed E-state index contributed by atoms with van der Waals surface area (Å²) >= 11 is 7.03. The van der Waals surface area contributed by atoms with Crippen LogP contribution in [0.4, 0.5) is 4.39 Å². The van der Waals surface area contributed by atoms with Crippen molar-refractivity contribution in [1.82, 2.24) is 0 Å². The molecular weight excluding hydrogens is 399 g/mol. The van der Waals surface area contributed by atoms with Crippen molar-refractivity contribution in [2.75, 3.05) is 22.2 Å². The molecule has 1 aliphatic heterocycles. The van der Waals surface area contributed by atoms with E-state index in [4.69, 9.17) is 0 Å². The van der Waals surface area contributed by atoms with Crippen LogP contribution in [0.15, 0.2) is 24.3 Å². The van der Waals surface area contributed by atoms with E-state index in [9.17, 15) is 12.8 Å². The Hall–Kier alpha value is 0.0600. The quantitative estimate of drug-likeness (QED) is 0.709. The Morgan fingerprint density at radius 1 is 1.21 bits per heavy atom. The summed E-state index contributed by atoms with van der Waals surface area (Å²) in [6, 6.07) is 6.36. The van der Waals surface area contributed by atoms with Gasteiger partial charge >= 0.3 is 0 Å². The summed E-state index contributed by atoms with van der Waals surface area (Å²) in [5, 5.41) is 1.30. The fraction of sp³-hybridized carbons (Fsp3) is 0.538. The largest absolute Gasteiger partial charge is 0.229 e. The molecular formula is C13H15Br2FO2S. The first kappa shape index (κ1) is 15.4. The van der Waals surface area contributed by atoms with Crippen molar-refractivity contribution >= 4 is 41.7 Å². The van der Waals surface area contributed by atoms with Gasteiger partial charge in [-0.2, -0.15) is 0 Å². The van der Waals surface area contributed by atoms with Gasteiger partial charge in [0.05, 0.1) is 11.5 Å². The first-order chi connectivity index (χ1) is 8.93. The maximum absolute atomic E-state index is 13.1. The predicted molar refractivity (Wildman–Crippen MR) is 82.4 cm³/mol. The average Bonchev–Trinajstić information content (AvgIpc) is 2.74. The van der Waals surface area contributed by atoms with Crippen molar-refractivity contribution < 1.29 is 12.8 Å². The Balaban J connectivity index is 2.40. The van der Waals surface area contributed by atoms with Gasteiger partial charge < -0.3 is 0 Å². The minimum atomic E-state index is -2.93. The van der Waals surface area contributed by atoms with Gasteiger partial charge in [-0.05, 0) is 30.0 Å². The molecule has 1 fully saturated rings. The first-order valence-corrected chi connectivity index (χ1v) is 10.1. The smallest absolute Gasteiger partial charge is 0.150 e. The molecule has 2 rings (SSSR count). The molecule has 1 aromatic rings. The van der Waals surface area contributed by atoms with Crippen LogP contribution in [-0.2, 0) is 15.3 Å². The van der Waals surface area contributed by atoms with Gasteiger partial charge in [0, 0.05) is 16.1 Å². The van der Waals surface area contributed by atoms with Crippen LogP contribution < -0.4 is 0 Å². The number of halogens is 3. The lowest BCUT2D eigenvalue weighted by Gasteiger charge is -2.36. The van der Waals surface area contributed by atoms with Gasteiger partial charge in [-0.25, -0.2) is 12.8 Å². The van der Waals surface area contributed by atoms with Crippen LogP contribution in [0.2, 0.25) is 0 Å². The maximum Gasteiger partial charge on any atom is 0.150 e. The van der Waals surface area contributed by atoms with E-state index in [2.05, 4.69) is 31.9 Å². The predicted octanol–water partition coefficient (Wildman–Crippen LogP) is 3.29. The van der Waals surface area contributed by atoms with E-state index in [1.54, 1.807) is 12.1 Å². The lowest BCUT2D eigenvalue weighted by atomic mass is 9.73. The van der Waals surface area contributed by atoms with E-state index in [1.807, 2.05) is 0 Å². The Labute approximate surface area is 130 Å². The highest BCUT2D eigenvalue weighted by Gasteiger charge is 2.44. The van der Waals surface area contributed by atoms with Gasteiger partial charge in [0.25, 0.3) is 0 Å². The molecule has 19 heavy (non-hydrogen) atoms. The Bertz CT molecular complexity index is 538. The Morgan fingerprint density at radius 2 is 1.79 bits per heavy atom. The molecule has 1 unspecified atom stereocenters. The zero-order valence-electron chi connectivity index (χ0n) is 10.3. The normalized spacial score (nSPS) is 22.6.